The van der Waals surface area contributed by atoms with Crippen molar-refractivity contribution in [1.82, 2.24) is 5.32 Å². The minimum atomic E-state index is -0.480. The third kappa shape index (κ3) is 3.94. The Morgan fingerprint density at radius 1 is 1.28 bits per heavy atom. The van der Waals surface area contributed by atoms with Gasteiger partial charge in [-0.1, -0.05) is 12.1 Å². The zero-order chi connectivity index (χ0) is 12.8. The Labute approximate surface area is 114 Å². The molecule has 18 heavy (non-hydrogen) atoms. The number of amides is 1. The Hall–Kier alpha value is -1.17. The standard InChI is InChI=1S/C13H15NO2S2/c15-11(12-4-2-8-18-12)5-6-14-13(16)9-10-3-1-7-17-10/h1-4,7-8,11,15H,5-6,9H2,(H,14,16). The predicted octanol–water partition coefficient (Wildman–Crippen LogP) is 2.59. The topological polar surface area (TPSA) is 49.3 Å². The molecule has 0 spiro atoms. The van der Waals surface area contributed by atoms with Crippen molar-refractivity contribution in [3.05, 3.63) is 44.8 Å². The summed E-state index contributed by atoms with van der Waals surface area (Å²) in [6, 6.07) is 7.71. The highest BCUT2D eigenvalue weighted by Gasteiger charge is 2.09. The van der Waals surface area contributed by atoms with Gasteiger partial charge in [0, 0.05) is 16.3 Å². The van der Waals surface area contributed by atoms with Crippen LogP contribution in [0.5, 0.6) is 0 Å². The number of rotatable bonds is 6. The number of aliphatic hydroxyl groups is 1. The van der Waals surface area contributed by atoms with Gasteiger partial charge in [-0.25, -0.2) is 0 Å². The molecule has 0 radical (unpaired) electrons. The zero-order valence-corrected chi connectivity index (χ0v) is 11.5. The van der Waals surface area contributed by atoms with Crippen molar-refractivity contribution in [2.24, 2.45) is 0 Å². The number of hydrogen-bond acceptors (Lipinski definition) is 4. The lowest BCUT2D eigenvalue weighted by Crippen LogP contribution is -2.26. The summed E-state index contributed by atoms with van der Waals surface area (Å²) in [5, 5.41) is 16.6. The molecule has 0 aliphatic rings. The maximum Gasteiger partial charge on any atom is 0.225 e. The molecule has 1 atom stereocenters. The third-order valence-electron chi connectivity index (χ3n) is 2.53. The predicted molar refractivity (Wildman–Crippen MR) is 74.9 cm³/mol. The number of thiophene rings is 2. The van der Waals surface area contributed by atoms with Gasteiger partial charge in [0.05, 0.1) is 12.5 Å². The first-order chi connectivity index (χ1) is 8.75. The van der Waals surface area contributed by atoms with Crippen LogP contribution in [0, 0.1) is 0 Å². The summed E-state index contributed by atoms with van der Waals surface area (Å²) < 4.78 is 0. The van der Waals surface area contributed by atoms with Crippen LogP contribution in [0.4, 0.5) is 0 Å². The largest absolute Gasteiger partial charge is 0.388 e. The van der Waals surface area contributed by atoms with Gasteiger partial charge in [-0.05, 0) is 29.3 Å². The summed E-state index contributed by atoms with van der Waals surface area (Å²) in [5.41, 5.74) is 0. The molecular formula is C13H15NO2S2. The molecule has 2 N–H and O–H groups in total. The molecule has 3 nitrogen and oxygen atoms in total. The van der Waals surface area contributed by atoms with Crippen molar-refractivity contribution < 1.29 is 9.90 Å². The van der Waals surface area contributed by atoms with Gasteiger partial charge in [-0.2, -0.15) is 0 Å². The fourth-order valence-electron chi connectivity index (χ4n) is 1.61. The van der Waals surface area contributed by atoms with E-state index >= 15 is 0 Å². The van der Waals surface area contributed by atoms with E-state index in [0.29, 0.717) is 19.4 Å². The quantitative estimate of drug-likeness (QED) is 0.855. The van der Waals surface area contributed by atoms with E-state index in [2.05, 4.69) is 5.32 Å². The average molecular weight is 281 g/mol. The van der Waals surface area contributed by atoms with Crippen LogP contribution in [0.3, 0.4) is 0 Å². The van der Waals surface area contributed by atoms with Gasteiger partial charge >= 0.3 is 0 Å². The van der Waals surface area contributed by atoms with Gasteiger partial charge in [0.25, 0.3) is 0 Å². The van der Waals surface area contributed by atoms with Crippen LogP contribution in [0.2, 0.25) is 0 Å². The highest BCUT2D eigenvalue weighted by Crippen LogP contribution is 2.20. The fraction of sp³-hybridized carbons (Fsp3) is 0.308. The molecule has 0 fully saturated rings. The van der Waals surface area contributed by atoms with E-state index in [4.69, 9.17) is 0 Å². The Balaban J connectivity index is 1.67. The number of nitrogens with one attached hydrogen (secondary N) is 1. The summed E-state index contributed by atoms with van der Waals surface area (Å²) in [5.74, 6) is 0.0100. The first-order valence-electron chi connectivity index (χ1n) is 5.76. The minimum absolute atomic E-state index is 0.0100. The molecule has 5 heteroatoms. The molecular weight excluding hydrogens is 266 g/mol. The van der Waals surface area contributed by atoms with E-state index in [0.717, 1.165) is 9.75 Å². The van der Waals surface area contributed by atoms with Crippen molar-refractivity contribution in [3.63, 3.8) is 0 Å². The first-order valence-corrected chi connectivity index (χ1v) is 7.52. The maximum atomic E-state index is 11.6. The van der Waals surface area contributed by atoms with Crippen LogP contribution < -0.4 is 5.32 Å². The molecule has 0 aliphatic carbocycles. The van der Waals surface area contributed by atoms with E-state index in [-0.39, 0.29) is 5.91 Å². The first kappa shape index (κ1) is 13.3. The molecule has 2 aromatic heterocycles. The van der Waals surface area contributed by atoms with Gasteiger partial charge in [0.1, 0.15) is 0 Å². The van der Waals surface area contributed by atoms with E-state index in [1.165, 1.54) is 11.3 Å². The van der Waals surface area contributed by atoms with E-state index < -0.39 is 6.10 Å². The highest BCUT2D eigenvalue weighted by atomic mass is 32.1. The lowest BCUT2D eigenvalue weighted by molar-refractivity contribution is -0.120. The molecule has 2 heterocycles. The van der Waals surface area contributed by atoms with Crippen LogP contribution in [-0.2, 0) is 11.2 Å². The number of hydrogen-bond donors (Lipinski definition) is 2. The lowest BCUT2D eigenvalue weighted by Gasteiger charge is -2.09. The lowest BCUT2D eigenvalue weighted by atomic mass is 10.2. The van der Waals surface area contributed by atoms with Crippen LogP contribution in [0.1, 0.15) is 22.3 Å². The Kier molecular flexibility index (Phi) is 4.92. The van der Waals surface area contributed by atoms with Gasteiger partial charge in [0.15, 0.2) is 0 Å². The fourth-order valence-corrected chi connectivity index (χ4v) is 3.06. The van der Waals surface area contributed by atoms with Crippen molar-refractivity contribution >= 4 is 28.6 Å². The molecule has 2 rings (SSSR count). The van der Waals surface area contributed by atoms with Crippen LogP contribution >= 0.6 is 22.7 Å². The van der Waals surface area contributed by atoms with Gasteiger partial charge < -0.3 is 10.4 Å². The average Bonchev–Trinajstić information content (AvgIpc) is 3.00. The molecule has 1 unspecified atom stereocenters. The molecule has 96 valence electrons. The second kappa shape index (κ2) is 6.68. The van der Waals surface area contributed by atoms with Crippen molar-refractivity contribution in [3.8, 4) is 0 Å². The van der Waals surface area contributed by atoms with Crippen molar-refractivity contribution in [2.45, 2.75) is 18.9 Å². The second-order valence-corrected chi connectivity index (χ2v) is 5.94. The molecule has 2 aromatic rings. The normalized spacial score (nSPS) is 12.3. The summed E-state index contributed by atoms with van der Waals surface area (Å²) in [4.78, 5) is 13.6. The van der Waals surface area contributed by atoms with Crippen molar-refractivity contribution in [2.75, 3.05) is 6.54 Å². The number of carbonyl (C=O) groups excluding carboxylic acids is 1. The number of carbonyl (C=O) groups is 1. The molecule has 0 aromatic carbocycles. The van der Waals surface area contributed by atoms with Crippen molar-refractivity contribution in [1.29, 1.82) is 0 Å². The maximum absolute atomic E-state index is 11.6. The van der Waals surface area contributed by atoms with Gasteiger partial charge in [-0.15, -0.1) is 22.7 Å². The summed E-state index contributed by atoms with van der Waals surface area (Å²) in [7, 11) is 0. The minimum Gasteiger partial charge on any atom is -0.388 e. The Morgan fingerprint density at radius 3 is 2.72 bits per heavy atom. The second-order valence-electron chi connectivity index (χ2n) is 3.93. The molecule has 0 bridgehead atoms. The smallest absolute Gasteiger partial charge is 0.225 e. The summed E-state index contributed by atoms with van der Waals surface area (Å²) in [6.45, 7) is 0.503. The van der Waals surface area contributed by atoms with E-state index in [1.54, 1.807) is 11.3 Å². The van der Waals surface area contributed by atoms with Crippen LogP contribution in [0.25, 0.3) is 0 Å². The number of aliphatic hydroxyl groups excluding tert-OH is 1. The molecule has 0 aliphatic heterocycles. The Bertz CT molecular complexity index is 465. The third-order valence-corrected chi connectivity index (χ3v) is 4.38. The molecule has 1 amide bonds. The zero-order valence-electron chi connectivity index (χ0n) is 9.83. The van der Waals surface area contributed by atoms with E-state index in [9.17, 15) is 9.90 Å². The monoisotopic (exact) mass is 281 g/mol. The van der Waals surface area contributed by atoms with Crippen LogP contribution in [-0.4, -0.2) is 17.6 Å². The van der Waals surface area contributed by atoms with Gasteiger partial charge in [-0.3, -0.25) is 4.79 Å². The Morgan fingerprint density at radius 2 is 2.06 bits per heavy atom. The highest BCUT2D eigenvalue weighted by molar-refractivity contribution is 7.10. The molecule has 0 saturated heterocycles. The SMILES string of the molecule is O=C(Cc1cccs1)NCCC(O)c1cccs1. The summed E-state index contributed by atoms with van der Waals surface area (Å²) >= 11 is 3.11. The van der Waals surface area contributed by atoms with Crippen LogP contribution in [0.15, 0.2) is 35.0 Å². The van der Waals surface area contributed by atoms with Gasteiger partial charge in [0.2, 0.25) is 5.91 Å². The summed E-state index contributed by atoms with van der Waals surface area (Å²) in [6.07, 6.45) is 0.496. The molecule has 0 saturated carbocycles. The van der Waals surface area contributed by atoms with E-state index in [1.807, 2.05) is 35.0 Å².